The number of carbonyl (C=O) groups excluding carboxylic acids is 1. The van der Waals surface area contributed by atoms with Crippen molar-refractivity contribution >= 4 is 23.7 Å². The van der Waals surface area contributed by atoms with E-state index in [1.54, 1.807) is 48.5 Å². The Morgan fingerprint density at radius 1 is 1.03 bits per heavy atom. The maximum absolute atomic E-state index is 13.0. The molecule has 3 aromatic carbocycles. The molecule has 0 atom stereocenters. The molecule has 172 valence electrons. The van der Waals surface area contributed by atoms with Crippen molar-refractivity contribution in [2.24, 2.45) is 5.10 Å². The van der Waals surface area contributed by atoms with Crippen molar-refractivity contribution in [1.29, 1.82) is 0 Å². The predicted octanol–water partition coefficient (Wildman–Crippen LogP) is 5.62. The molecule has 0 unspecified atom stereocenters. The van der Waals surface area contributed by atoms with Crippen LogP contribution >= 0.6 is 11.6 Å². The molecule has 3 rings (SSSR count). The molecule has 1 amide bonds. The van der Waals surface area contributed by atoms with E-state index in [1.807, 2.05) is 6.92 Å². The molecule has 0 aromatic heterocycles. The van der Waals surface area contributed by atoms with E-state index in [1.165, 1.54) is 25.5 Å². The average Bonchev–Trinajstić information content (AvgIpc) is 2.83. The molecular weight excluding hydrogens is 447 g/mol. The third-order valence-corrected chi connectivity index (χ3v) is 4.83. The van der Waals surface area contributed by atoms with Gasteiger partial charge in [-0.2, -0.15) is 5.10 Å². The van der Waals surface area contributed by atoms with Gasteiger partial charge in [0, 0.05) is 5.56 Å². The predicted molar refractivity (Wildman–Crippen MR) is 126 cm³/mol. The fourth-order valence-corrected chi connectivity index (χ4v) is 3.07. The second kappa shape index (κ2) is 11.9. The number of nitrogens with one attached hydrogen (secondary N) is 1. The number of methoxy groups -OCH3 is 1. The molecule has 0 fully saturated rings. The van der Waals surface area contributed by atoms with Crippen LogP contribution < -0.4 is 19.6 Å². The van der Waals surface area contributed by atoms with Crippen molar-refractivity contribution in [3.8, 4) is 17.2 Å². The summed E-state index contributed by atoms with van der Waals surface area (Å²) in [5.74, 6) is 0.847. The number of carbonyl (C=O) groups is 1. The van der Waals surface area contributed by atoms with Crippen LogP contribution in [0.25, 0.3) is 0 Å². The van der Waals surface area contributed by atoms with Crippen LogP contribution in [0.3, 0.4) is 0 Å². The third kappa shape index (κ3) is 6.95. The van der Waals surface area contributed by atoms with E-state index >= 15 is 0 Å². The number of hydrogen-bond acceptors (Lipinski definition) is 5. The maximum atomic E-state index is 13.0. The number of nitrogens with zero attached hydrogens (tertiary/aromatic N) is 1. The van der Waals surface area contributed by atoms with Gasteiger partial charge in [-0.25, -0.2) is 9.82 Å². The number of hydrogen-bond donors (Lipinski definition) is 1. The molecule has 0 saturated carbocycles. The van der Waals surface area contributed by atoms with Gasteiger partial charge in [0.1, 0.15) is 18.2 Å². The van der Waals surface area contributed by atoms with Gasteiger partial charge in [-0.3, -0.25) is 4.79 Å². The van der Waals surface area contributed by atoms with Gasteiger partial charge in [0.05, 0.1) is 25.0 Å². The second-order valence-corrected chi connectivity index (χ2v) is 7.43. The van der Waals surface area contributed by atoms with E-state index in [0.717, 1.165) is 12.0 Å². The van der Waals surface area contributed by atoms with Gasteiger partial charge in [0.15, 0.2) is 11.5 Å². The molecule has 0 saturated heterocycles. The number of amides is 1. The Balaban J connectivity index is 1.57. The zero-order valence-electron chi connectivity index (χ0n) is 18.3. The molecule has 0 bridgehead atoms. The van der Waals surface area contributed by atoms with Crippen LogP contribution in [-0.4, -0.2) is 25.8 Å². The third-order valence-electron chi connectivity index (χ3n) is 4.53. The summed E-state index contributed by atoms with van der Waals surface area (Å²) in [6.45, 7) is 2.83. The molecule has 0 aliphatic rings. The molecule has 0 heterocycles. The van der Waals surface area contributed by atoms with Crippen molar-refractivity contribution in [3.63, 3.8) is 0 Å². The van der Waals surface area contributed by atoms with Crippen LogP contribution in [0.4, 0.5) is 4.39 Å². The van der Waals surface area contributed by atoms with Gasteiger partial charge in [-0.1, -0.05) is 30.7 Å². The lowest BCUT2D eigenvalue weighted by molar-refractivity contribution is 0.0954. The van der Waals surface area contributed by atoms with Gasteiger partial charge in [-0.15, -0.1) is 0 Å². The van der Waals surface area contributed by atoms with Crippen LogP contribution in [0.15, 0.2) is 65.8 Å². The van der Waals surface area contributed by atoms with E-state index in [9.17, 15) is 9.18 Å². The molecule has 6 nitrogen and oxygen atoms in total. The minimum absolute atomic E-state index is 0.259. The van der Waals surface area contributed by atoms with Gasteiger partial charge < -0.3 is 14.2 Å². The summed E-state index contributed by atoms with van der Waals surface area (Å²) in [5.41, 5.74) is 4.36. The Morgan fingerprint density at radius 2 is 1.79 bits per heavy atom. The molecule has 8 heteroatoms. The van der Waals surface area contributed by atoms with Crippen LogP contribution in [-0.2, 0) is 6.61 Å². The molecule has 3 aromatic rings. The van der Waals surface area contributed by atoms with Gasteiger partial charge in [0.25, 0.3) is 5.91 Å². The highest BCUT2D eigenvalue weighted by Gasteiger charge is 2.11. The zero-order valence-corrected chi connectivity index (χ0v) is 19.1. The van der Waals surface area contributed by atoms with Gasteiger partial charge in [0.2, 0.25) is 0 Å². The number of benzene rings is 3. The fraction of sp³-hybridized carbons (Fsp3) is 0.200. The first-order chi connectivity index (χ1) is 16.0. The highest BCUT2D eigenvalue weighted by atomic mass is 35.5. The summed E-state index contributed by atoms with van der Waals surface area (Å²) >= 11 is 6.28. The normalized spacial score (nSPS) is 10.8. The highest BCUT2D eigenvalue weighted by Crippen LogP contribution is 2.28. The van der Waals surface area contributed by atoms with Crippen LogP contribution in [0.5, 0.6) is 17.2 Å². The Labute approximate surface area is 196 Å². The zero-order chi connectivity index (χ0) is 23.6. The second-order valence-electron chi connectivity index (χ2n) is 7.02. The van der Waals surface area contributed by atoms with Crippen molar-refractivity contribution < 1.29 is 23.4 Å². The average molecular weight is 471 g/mol. The Kier molecular flexibility index (Phi) is 8.66. The lowest BCUT2D eigenvalue weighted by Crippen LogP contribution is -2.17. The SMILES string of the molecule is CCCOc1ccc(C(=O)N/N=C/c2ccc(OCc3ccc(F)cc3)c(Cl)c2)cc1OC. The summed E-state index contributed by atoms with van der Waals surface area (Å²) in [6, 6.07) is 16.1. The number of hydrazone groups is 1. The molecule has 0 radical (unpaired) electrons. The molecule has 0 aliphatic carbocycles. The number of ether oxygens (including phenoxy) is 3. The summed E-state index contributed by atoms with van der Waals surface area (Å²) < 4.78 is 29.6. The number of halogens is 2. The fourth-order valence-electron chi connectivity index (χ4n) is 2.83. The number of rotatable bonds is 10. The molecule has 0 aliphatic heterocycles. The summed E-state index contributed by atoms with van der Waals surface area (Å²) in [5, 5.41) is 4.38. The van der Waals surface area contributed by atoms with E-state index in [-0.39, 0.29) is 12.4 Å². The van der Waals surface area contributed by atoms with E-state index < -0.39 is 5.91 Å². The topological polar surface area (TPSA) is 69.2 Å². The van der Waals surface area contributed by atoms with Crippen molar-refractivity contribution in [3.05, 3.63) is 88.2 Å². The van der Waals surface area contributed by atoms with Gasteiger partial charge >= 0.3 is 0 Å². The summed E-state index contributed by atoms with van der Waals surface area (Å²) in [7, 11) is 1.52. The Morgan fingerprint density at radius 3 is 2.48 bits per heavy atom. The van der Waals surface area contributed by atoms with Crippen LogP contribution in [0, 0.1) is 5.82 Å². The largest absolute Gasteiger partial charge is 0.493 e. The highest BCUT2D eigenvalue weighted by molar-refractivity contribution is 6.32. The summed E-state index contributed by atoms with van der Waals surface area (Å²) in [6.07, 6.45) is 2.34. The van der Waals surface area contributed by atoms with E-state index in [2.05, 4.69) is 10.5 Å². The summed E-state index contributed by atoms with van der Waals surface area (Å²) in [4.78, 5) is 12.4. The first-order valence-electron chi connectivity index (χ1n) is 10.3. The minimum Gasteiger partial charge on any atom is -0.493 e. The van der Waals surface area contributed by atoms with Crippen molar-refractivity contribution in [1.82, 2.24) is 5.43 Å². The lowest BCUT2D eigenvalue weighted by atomic mass is 10.2. The molecule has 0 spiro atoms. The first-order valence-corrected chi connectivity index (χ1v) is 10.7. The standard InChI is InChI=1S/C25H24ClFN2O4/c1-3-12-32-23-11-7-19(14-24(23)31-2)25(30)29-28-15-18-6-10-22(21(26)13-18)33-16-17-4-8-20(27)9-5-17/h4-11,13-15H,3,12,16H2,1-2H3,(H,29,30)/b28-15+. The first kappa shape index (κ1) is 24.1. The van der Waals surface area contributed by atoms with Crippen molar-refractivity contribution in [2.45, 2.75) is 20.0 Å². The molecular formula is C25H24ClFN2O4. The van der Waals surface area contributed by atoms with E-state index in [4.69, 9.17) is 25.8 Å². The Hall–Kier alpha value is -3.58. The minimum atomic E-state index is -0.392. The molecule has 33 heavy (non-hydrogen) atoms. The van der Waals surface area contributed by atoms with Crippen molar-refractivity contribution in [2.75, 3.05) is 13.7 Å². The molecule has 1 N–H and O–H groups in total. The van der Waals surface area contributed by atoms with Crippen LogP contribution in [0.2, 0.25) is 5.02 Å². The van der Waals surface area contributed by atoms with Gasteiger partial charge in [-0.05, 0) is 66.1 Å². The lowest BCUT2D eigenvalue weighted by Gasteiger charge is -2.11. The maximum Gasteiger partial charge on any atom is 0.271 e. The van der Waals surface area contributed by atoms with E-state index in [0.29, 0.717) is 40.0 Å². The van der Waals surface area contributed by atoms with Crippen LogP contribution in [0.1, 0.15) is 34.8 Å². The quantitative estimate of drug-likeness (QED) is 0.308. The smallest absolute Gasteiger partial charge is 0.271 e. The monoisotopic (exact) mass is 470 g/mol. The Bertz CT molecular complexity index is 1120.